The monoisotopic (exact) mass is 320 g/mol. The molecule has 0 aromatic carbocycles. The molecule has 0 aliphatic carbocycles. The second kappa shape index (κ2) is 5.65. The largest absolute Gasteiger partial charge is 0.475 e. The number of nitrogens with zero attached hydrogens (tertiary/aromatic N) is 1. The lowest BCUT2D eigenvalue weighted by molar-refractivity contribution is -0.137. The van der Waals surface area contributed by atoms with Crippen molar-refractivity contribution in [2.45, 2.75) is 12.7 Å². The molecule has 0 radical (unpaired) electrons. The van der Waals surface area contributed by atoms with Crippen LogP contribution < -0.4 is 5.32 Å². The fourth-order valence-corrected chi connectivity index (χ4v) is 1.71. The number of carboxylic acid groups (broad SMARTS) is 1. The zero-order chi connectivity index (χ0) is 15.6. The molecule has 0 saturated carbocycles. The molecule has 0 aliphatic heterocycles. The molecule has 2 rings (SSSR count). The van der Waals surface area contributed by atoms with Crippen LogP contribution in [0, 0.1) is 0 Å². The van der Waals surface area contributed by atoms with Crippen LogP contribution >= 0.6 is 11.6 Å². The second-order valence-corrected chi connectivity index (χ2v) is 4.38. The van der Waals surface area contributed by atoms with Gasteiger partial charge in [-0.1, -0.05) is 11.6 Å². The Hall–Kier alpha value is -2.22. The third-order valence-electron chi connectivity index (χ3n) is 2.47. The van der Waals surface area contributed by atoms with Crippen LogP contribution in [0.2, 0.25) is 5.02 Å². The maximum absolute atomic E-state index is 12.4. The van der Waals surface area contributed by atoms with Crippen molar-refractivity contribution in [1.29, 1.82) is 0 Å². The highest BCUT2D eigenvalue weighted by Crippen LogP contribution is 2.32. The Morgan fingerprint density at radius 1 is 1.43 bits per heavy atom. The number of hydrogen-bond acceptors (Lipinski definition) is 4. The molecule has 9 heteroatoms. The summed E-state index contributed by atoms with van der Waals surface area (Å²) in [5.74, 6) is -1.13. The highest BCUT2D eigenvalue weighted by atomic mass is 35.5. The molecule has 0 amide bonds. The molecule has 0 fully saturated rings. The van der Waals surface area contributed by atoms with Gasteiger partial charge < -0.3 is 14.8 Å². The molecular weight excluding hydrogens is 313 g/mol. The third-order valence-corrected chi connectivity index (χ3v) is 2.76. The predicted octanol–water partition coefficient (Wildman–Crippen LogP) is 3.66. The van der Waals surface area contributed by atoms with Gasteiger partial charge in [-0.3, -0.25) is 0 Å². The van der Waals surface area contributed by atoms with Gasteiger partial charge in [-0.15, -0.1) is 0 Å². The molecule has 2 N–H and O–H groups in total. The van der Waals surface area contributed by atoms with Crippen LogP contribution in [-0.2, 0) is 12.7 Å². The normalized spacial score (nSPS) is 11.4. The van der Waals surface area contributed by atoms with Crippen molar-refractivity contribution in [1.82, 2.24) is 4.98 Å². The summed E-state index contributed by atoms with van der Waals surface area (Å²) in [6.45, 7) is 0.0331. The lowest BCUT2D eigenvalue weighted by Crippen LogP contribution is -2.07. The van der Waals surface area contributed by atoms with Crippen LogP contribution in [0.5, 0.6) is 0 Å². The van der Waals surface area contributed by atoms with E-state index < -0.39 is 17.7 Å². The molecule has 0 aliphatic rings. The Morgan fingerprint density at radius 2 is 2.14 bits per heavy atom. The van der Waals surface area contributed by atoms with E-state index in [1.807, 2.05) is 0 Å². The van der Waals surface area contributed by atoms with Crippen LogP contribution in [0.25, 0.3) is 0 Å². The van der Waals surface area contributed by atoms with E-state index in [0.29, 0.717) is 6.20 Å². The molecule has 0 atom stereocenters. The van der Waals surface area contributed by atoms with Crippen LogP contribution in [0.1, 0.15) is 21.9 Å². The van der Waals surface area contributed by atoms with Gasteiger partial charge in [0.25, 0.3) is 0 Å². The fraction of sp³-hybridized carbons (Fsp3) is 0.167. The summed E-state index contributed by atoms with van der Waals surface area (Å²) >= 11 is 5.71. The summed E-state index contributed by atoms with van der Waals surface area (Å²) < 4.78 is 42.3. The van der Waals surface area contributed by atoms with Gasteiger partial charge in [0.15, 0.2) is 0 Å². The molecule has 0 saturated heterocycles. The summed E-state index contributed by atoms with van der Waals surface area (Å²) in [6, 6.07) is 3.44. The number of carboxylic acids is 1. The second-order valence-electron chi connectivity index (χ2n) is 3.98. The van der Waals surface area contributed by atoms with Gasteiger partial charge in [-0.2, -0.15) is 13.2 Å². The lowest BCUT2D eigenvalue weighted by atomic mass is 10.3. The average Bonchev–Trinajstić information content (AvgIpc) is 2.85. The van der Waals surface area contributed by atoms with E-state index in [9.17, 15) is 18.0 Å². The quantitative estimate of drug-likeness (QED) is 0.899. The first-order valence-corrected chi connectivity index (χ1v) is 5.94. The van der Waals surface area contributed by atoms with E-state index >= 15 is 0 Å². The maximum Gasteiger partial charge on any atom is 0.417 e. The number of aromatic carboxylic acids is 1. The standard InChI is InChI=1S/C12H8ClF3N2O3/c13-8-3-6(12(14,15)16)4-17-10(8)18-5-7-1-2-9(21-7)11(19)20/h1-4H,5H2,(H,17,18)(H,19,20). The van der Waals surface area contributed by atoms with Crippen LogP contribution in [0.3, 0.4) is 0 Å². The van der Waals surface area contributed by atoms with Crippen LogP contribution in [0.15, 0.2) is 28.8 Å². The van der Waals surface area contributed by atoms with Crippen LogP contribution in [0.4, 0.5) is 19.0 Å². The van der Waals surface area contributed by atoms with Crippen molar-refractivity contribution in [3.8, 4) is 0 Å². The Balaban J connectivity index is 2.08. The minimum Gasteiger partial charge on any atom is -0.475 e. The van der Waals surface area contributed by atoms with Gasteiger partial charge in [-0.25, -0.2) is 9.78 Å². The van der Waals surface area contributed by atoms with E-state index in [-0.39, 0.29) is 28.9 Å². The van der Waals surface area contributed by atoms with Crippen LogP contribution in [-0.4, -0.2) is 16.1 Å². The number of carbonyl (C=O) groups is 1. The molecule has 0 bridgehead atoms. The zero-order valence-electron chi connectivity index (χ0n) is 10.2. The molecule has 0 unspecified atom stereocenters. The Morgan fingerprint density at radius 3 is 2.67 bits per heavy atom. The highest BCUT2D eigenvalue weighted by Gasteiger charge is 2.31. The van der Waals surface area contributed by atoms with E-state index in [1.165, 1.54) is 12.1 Å². The number of aromatic nitrogens is 1. The summed E-state index contributed by atoms with van der Waals surface area (Å²) in [4.78, 5) is 14.2. The SMILES string of the molecule is O=C(O)c1ccc(CNc2ncc(C(F)(F)F)cc2Cl)o1. The van der Waals surface area contributed by atoms with E-state index in [4.69, 9.17) is 21.1 Å². The summed E-state index contributed by atoms with van der Waals surface area (Å²) in [6.07, 6.45) is -3.87. The Kier molecular flexibility index (Phi) is 4.08. The van der Waals surface area contributed by atoms with Crippen molar-refractivity contribution in [3.63, 3.8) is 0 Å². The number of rotatable bonds is 4. The van der Waals surface area contributed by atoms with Crippen molar-refractivity contribution in [3.05, 3.63) is 46.5 Å². The summed E-state index contributed by atoms with van der Waals surface area (Å²) in [5.41, 5.74) is -0.954. The first kappa shape index (κ1) is 15.2. The predicted molar refractivity (Wildman–Crippen MR) is 67.2 cm³/mol. The molecule has 2 aromatic rings. The third kappa shape index (κ3) is 3.66. The average molecular weight is 321 g/mol. The number of nitrogens with one attached hydrogen (secondary N) is 1. The molecule has 112 valence electrons. The number of halogens is 4. The van der Waals surface area contributed by atoms with E-state index in [2.05, 4.69) is 10.3 Å². The van der Waals surface area contributed by atoms with Crippen molar-refractivity contribution in [2.24, 2.45) is 0 Å². The molecule has 5 nitrogen and oxygen atoms in total. The first-order valence-electron chi connectivity index (χ1n) is 5.56. The number of furan rings is 1. The number of hydrogen-bond donors (Lipinski definition) is 2. The first-order chi connectivity index (χ1) is 9.77. The Labute approximate surface area is 121 Å². The summed E-state index contributed by atoms with van der Waals surface area (Å²) in [5, 5.41) is 11.1. The summed E-state index contributed by atoms with van der Waals surface area (Å²) in [7, 11) is 0. The number of pyridine rings is 1. The lowest BCUT2D eigenvalue weighted by Gasteiger charge is -2.10. The number of alkyl halides is 3. The minimum atomic E-state index is -4.52. The zero-order valence-corrected chi connectivity index (χ0v) is 11.0. The Bertz CT molecular complexity index is 670. The molecule has 2 heterocycles. The topological polar surface area (TPSA) is 75.4 Å². The van der Waals surface area contributed by atoms with E-state index in [0.717, 1.165) is 6.07 Å². The molecular formula is C12H8ClF3N2O3. The van der Waals surface area contributed by atoms with E-state index in [1.54, 1.807) is 0 Å². The fourth-order valence-electron chi connectivity index (χ4n) is 1.48. The van der Waals surface area contributed by atoms with Crippen molar-refractivity contribution in [2.75, 3.05) is 5.32 Å². The van der Waals surface area contributed by atoms with Gasteiger partial charge in [0.05, 0.1) is 17.1 Å². The van der Waals surface area contributed by atoms with Gasteiger partial charge >= 0.3 is 12.1 Å². The highest BCUT2D eigenvalue weighted by molar-refractivity contribution is 6.32. The maximum atomic E-state index is 12.4. The van der Waals surface area contributed by atoms with Gasteiger partial charge in [-0.05, 0) is 18.2 Å². The van der Waals surface area contributed by atoms with Gasteiger partial charge in [0, 0.05) is 6.20 Å². The van der Waals surface area contributed by atoms with Crippen molar-refractivity contribution < 1.29 is 27.5 Å². The minimum absolute atomic E-state index is 0.0331. The smallest absolute Gasteiger partial charge is 0.417 e. The van der Waals surface area contributed by atoms with Crippen molar-refractivity contribution >= 4 is 23.4 Å². The molecule has 0 spiro atoms. The molecule has 2 aromatic heterocycles. The number of anilines is 1. The van der Waals surface area contributed by atoms with Gasteiger partial charge in [0.2, 0.25) is 5.76 Å². The van der Waals surface area contributed by atoms with Gasteiger partial charge in [0.1, 0.15) is 11.6 Å². The molecule has 21 heavy (non-hydrogen) atoms.